The lowest BCUT2D eigenvalue weighted by Gasteiger charge is -2.36. The molecule has 31 heavy (non-hydrogen) atoms. The number of hydrogen-bond acceptors (Lipinski definition) is 4. The van der Waals surface area contributed by atoms with Crippen LogP contribution in [0, 0.1) is 18.8 Å². The summed E-state index contributed by atoms with van der Waals surface area (Å²) < 4.78 is 0. The number of nitrogens with zero attached hydrogens (tertiary/aromatic N) is 2. The average molecular weight is 456 g/mol. The first-order valence-electron chi connectivity index (χ1n) is 10.4. The van der Waals surface area contributed by atoms with Gasteiger partial charge < -0.3 is 5.32 Å². The van der Waals surface area contributed by atoms with Crippen molar-refractivity contribution < 1.29 is 14.4 Å². The minimum absolute atomic E-state index is 0.158. The van der Waals surface area contributed by atoms with E-state index in [2.05, 4.69) is 10.2 Å². The summed E-state index contributed by atoms with van der Waals surface area (Å²) in [4.78, 5) is 44.4. The number of imide groups is 1. The second-order valence-electron chi connectivity index (χ2n) is 8.78. The third kappa shape index (κ3) is 2.25. The van der Waals surface area contributed by atoms with Gasteiger partial charge in [0, 0.05) is 16.6 Å². The van der Waals surface area contributed by atoms with E-state index in [0.29, 0.717) is 33.5 Å². The Hall–Kier alpha value is -2.41. The van der Waals surface area contributed by atoms with Gasteiger partial charge in [-0.3, -0.25) is 19.3 Å². The van der Waals surface area contributed by atoms with E-state index in [1.54, 1.807) is 30.3 Å². The first-order valence-corrected chi connectivity index (χ1v) is 11.1. The van der Waals surface area contributed by atoms with Crippen LogP contribution >= 0.6 is 23.2 Å². The molecule has 6 rings (SSSR count). The van der Waals surface area contributed by atoms with Crippen molar-refractivity contribution in [3.8, 4) is 0 Å². The van der Waals surface area contributed by atoms with Crippen molar-refractivity contribution in [2.75, 3.05) is 16.8 Å². The number of aryl methyl sites for hydroxylation is 1. The van der Waals surface area contributed by atoms with Crippen molar-refractivity contribution in [2.45, 2.75) is 31.3 Å². The molecular weight excluding hydrogens is 437 g/mol. The summed E-state index contributed by atoms with van der Waals surface area (Å²) in [5, 5.41) is 3.91. The molecule has 2 aromatic rings. The zero-order valence-corrected chi connectivity index (χ0v) is 18.2. The van der Waals surface area contributed by atoms with Gasteiger partial charge in [-0.15, -0.1) is 0 Å². The van der Waals surface area contributed by atoms with Gasteiger partial charge in [0.25, 0.3) is 5.91 Å². The molecule has 1 N–H and O–H groups in total. The van der Waals surface area contributed by atoms with Crippen molar-refractivity contribution in [2.24, 2.45) is 11.8 Å². The fraction of sp³-hybridized carbons (Fsp3) is 0.348. The van der Waals surface area contributed by atoms with Gasteiger partial charge in [0.1, 0.15) is 5.54 Å². The highest BCUT2D eigenvalue weighted by atomic mass is 35.5. The molecule has 4 heterocycles. The molecule has 4 aliphatic rings. The number of carbonyl (C=O) groups is 3. The lowest BCUT2D eigenvalue weighted by Crippen LogP contribution is -2.54. The summed E-state index contributed by atoms with van der Waals surface area (Å²) in [7, 11) is 0. The maximum Gasteiger partial charge on any atom is 0.250 e. The maximum absolute atomic E-state index is 13.8. The van der Waals surface area contributed by atoms with Gasteiger partial charge in [0.2, 0.25) is 11.8 Å². The fourth-order valence-electron chi connectivity index (χ4n) is 6.24. The van der Waals surface area contributed by atoms with Gasteiger partial charge in [-0.1, -0.05) is 29.3 Å². The number of benzene rings is 2. The van der Waals surface area contributed by atoms with E-state index in [1.807, 2.05) is 13.0 Å². The number of halogens is 2. The summed E-state index contributed by atoms with van der Waals surface area (Å²) in [5.41, 5.74) is 1.43. The molecular formula is C23H19Cl2N3O3. The van der Waals surface area contributed by atoms with Crippen LogP contribution in [0.4, 0.5) is 11.4 Å². The number of nitrogens with one attached hydrogen (secondary N) is 1. The van der Waals surface area contributed by atoms with E-state index in [4.69, 9.17) is 23.2 Å². The zero-order valence-electron chi connectivity index (χ0n) is 16.7. The van der Waals surface area contributed by atoms with Crippen LogP contribution in [-0.2, 0) is 19.9 Å². The minimum atomic E-state index is -1.22. The van der Waals surface area contributed by atoms with E-state index in [9.17, 15) is 14.4 Å². The first kappa shape index (κ1) is 19.3. The van der Waals surface area contributed by atoms with Crippen molar-refractivity contribution in [1.82, 2.24) is 4.90 Å². The highest BCUT2D eigenvalue weighted by Crippen LogP contribution is 2.61. The van der Waals surface area contributed by atoms with Crippen LogP contribution in [0.15, 0.2) is 36.4 Å². The van der Waals surface area contributed by atoms with E-state index >= 15 is 0 Å². The van der Waals surface area contributed by atoms with Crippen LogP contribution in [0.1, 0.15) is 24.0 Å². The summed E-state index contributed by atoms with van der Waals surface area (Å²) in [6.45, 7) is 2.58. The zero-order chi connectivity index (χ0) is 21.7. The number of amides is 3. The second kappa shape index (κ2) is 6.31. The standard InChI is InChI=1S/C23H19Cl2N3O3/c1-11-9-14-19(15(25)10-11)26-22(31)23(14)18-17(16-3-2-8-27(16)23)20(29)28(21(18)30)13-6-4-12(24)5-7-13/h4-7,9-10,16-18H,2-3,8H2,1H3,(H,26,31)/t16-,17+,18-,23+/m0/s1. The third-order valence-corrected chi connectivity index (χ3v) is 7.83. The normalized spacial score (nSPS) is 31.4. The van der Waals surface area contributed by atoms with Crippen LogP contribution in [0.2, 0.25) is 10.0 Å². The minimum Gasteiger partial charge on any atom is -0.323 e. The van der Waals surface area contributed by atoms with Crippen LogP contribution in [0.25, 0.3) is 0 Å². The largest absolute Gasteiger partial charge is 0.323 e. The molecule has 0 saturated carbocycles. The predicted octanol–water partition coefficient (Wildman–Crippen LogP) is 3.73. The first-order chi connectivity index (χ1) is 14.9. The highest BCUT2D eigenvalue weighted by molar-refractivity contribution is 6.35. The number of carbonyl (C=O) groups excluding carboxylic acids is 3. The van der Waals surface area contributed by atoms with E-state index in [1.165, 1.54) is 4.90 Å². The molecule has 4 atom stereocenters. The topological polar surface area (TPSA) is 69.7 Å². The van der Waals surface area contributed by atoms with Crippen molar-refractivity contribution >= 4 is 52.3 Å². The van der Waals surface area contributed by atoms with Gasteiger partial charge in [-0.05, 0) is 62.2 Å². The second-order valence-corrected chi connectivity index (χ2v) is 9.63. The molecule has 3 fully saturated rings. The molecule has 0 aliphatic carbocycles. The van der Waals surface area contributed by atoms with E-state index < -0.39 is 17.4 Å². The molecule has 0 unspecified atom stereocenters. The van der Waals surface area contributed by atoms with Crippen molar-refractivity contribution in [3.63, 3.8) is 0 Å². The molecule has 8 heteroatoms. The monoisotopic (exact) mass is 455 g/mol. The SMILES string of the molecule is Cc1cc(Cl)c2c(c1)[C@]1(C(=O)N2)[C@@H]2C(=O)N(c3ccc(Cl)cc3)C(=O)[C@@H]2[C@@H]2CCCN21. The smallest absolute Gasteiger partial charge is 0.250 e. The summed E-state index contributed by atoms with van der Waals surface area (Å²) in [6.07, 6.45) is 1.65. The quantitative estimate of drug-likeness (QED) is 0.665. The molecule has 0 bridgehead atoms. The fourth-order valence-corrected chi connectivity index (χ4v) is 6.69. The lowest BCUT2D eigenvalue weighted by molar-refractivity contribution is -0.135. The predicted molar refractivity (Wildman–Crippen MR) is 117 cm³/mol. The van der Waals surface area contributed by atoms with Crippen LogP contribution < -0.4 is 10.2 Å². The Bertz CT molecular complexity index is 1180. The number of anilines is 2. The van der Waals surface area contributed by atoms with Crippen LogP contribution in [0.5, 0.6) is 0 Å². The van der Waals surface area contributed by atoms with Crippen molar-refractivity contribution in [1.29, 1.82) is 0 Å². The highest BCUT2D eigenvalue weighted by Gasteiger charge is 2.74. The van der Waals surface area contributed by atoms with Crippen LogP contribution in [0.3, 0.4) is 0 Å². The van der Waals surface area contributed by atoms with Crippen LogP contribution in [-0.4, -0.2) is 35.2 Å². The molecule has 158 valence electrons. The van der Waals surface area contributed by atoms with Gasteiger partial charge in [-0.25, -0.2) is 4.90 Å². The third-order valence-electron chi connectivity index (χ3n) is 7.28. The Morgan fingerprint density at radius 1 is 1.06 bits per heavy atom. The number of hydrogen-bond donors (Lipinski definition) is 1. The van der Waals surface area contributed by atoms with Gasteiger partial charge >= 0.3 is 0 Å². The van der Waals surface area contributed by atoms with Crippen molar-refractivity contribution in [3.05, 3.63) is 57.6 Å². The average Bonchev–Trinajstić information content (AvgIpc) is 3.42. The van der Waals surface area contributed by atoms with E-state index in [-0.39, 0.29) is 23.8 Å². The maximum atomic E-state index is 13.8. The number of fused-ring (bicyclic) bond motifs is 7. The molecule has 0 radical (unpaired) electrons. The molecule has 2 aromatic carbocycles. The summed E-state index contributed by atoms with van der Waals surface area (Å²) in [6, 6.07) is 10.2. The Balaban J connectivity index is 1.57. The lowest BCUT2D eigenvalue weighted by atomic mass is 9.75. The molecule has 3 saturated heterocycles. The van der Waals surface area contributed by atoms with E-state index in [0.717, 1.165) is 18.4 Å². The Labute approximate surface area is 189 Å². The van der Waals surface area contributed by atoms with Gasteiger partial charge in [0.15, 0.2) is 0 Å². The number of rotatable bonds is 1. The molecule has 6 nitrogen and oxygen atoms in total. The molecule has 4 aliphatic heterocycles. The summed E-state index contributed by atoms with van der Waals surface area (Å²) in [5.74, 6) is -2.21. The Kier molecular flexibility index (Phi) is 3.93. The van der Waals surface area contributed by atoms with Gasteiger partial charge in [0.05, 0.1) is 28.2 Å². The molecule has 1 spiro atoms. The van der Waals surface area contributed by atoms with Gasteiger partial charge in [-0.2, -0.15) is 0 Å². The molecule has 3 amide bonds. The summed E-state index contributed by atoms with van der Waals surface area (Å²) >= 11 is 12.5. The molecule has 0 aromatic heterocycles. The Morgan fingerprint density at radius 3 is 2.55 bits per heavy atom. The Morgan fingerprint density at radius 2 is 1.81 bits per heavy atom.